The predicted octanol–water partition coefficient (Wildman–Crippen LogP) is 3.51. The van der Waals surface area contributed by atoms with Crippen molar-refractivity contribution in [3.8, 4) is 5.75 Å². The Hall–Kier alpha value is -2.58. The van der Waals surface area contributed by atoms with E-state index in [0.29, 0.717) is 13.2 Å². The predicted molar refractivity (Wildman–Crippen MR) is 121 cm³/mol. The lowest BCUT2D eigenvalue weighted by Gasteiger charge is -2.34. The summed E-state index contributed by atoms with van der Waals surface area (Å²) in [6.07, 6.45) is 2.13. The number of thiophene rings is 1. The second-order valence-corrected chi connectivity index (χ2v) is 8.17. The fourth-order valence-corrected chi connectivity index (χ4v) is 3.89. The highest BCUT2D eigenvalue weighted by Crippen LogP contribution is 2.16. The molecule has 7 nitrogen and oxygen atoms in total. The van der Waals surface area contributed by atoms with Crippen molar-refractivity contribution >= 4 is 29.0 Å². The minimum Gasteiger partial charge on any atom is -0.494 e. The van der Waals surface area contributed by atoms with Crippen LogP contribution >= 0.6 is 11.3 Å². The lowest BCUT2D eigenvalue weighted by atomic mass is 10.3. The number of benzene rings is 1. The molecule has 1 aliphatic heterocycles. The molecule has 0 atom stereocenters. The number of carbonyl (C=O) groups excluding carboxylic acids is 2. The van der Waals surface area contributed by atoms with E-state index in [4.69, 9.17) is 4.74 Å². The number of piperazine rings is 1. The van der Waals surface area contributed by atoms with Crippen molar-refractivity contribution < 1.29 is 14.3 Å². The molecule has 8 heteroatoms. The maximum atomic E-state index is 12.4. The molecule has 3 amide bonds. The van der Waals surface area contributed by atoms with Crippen molar-refractivity contribution in [2.24, 2.45) is 0 Å². The smallest absolute Gasteiger partial charge is 0.319 e. The monoisotopic (exact) mass is 430 g/mol. The average molecular weight is 431 g/mol. The summed E-state index contributed by atoms with van der Waals surface area (Å²) in [5, 5.41) is 7.65. The van der Waals surface area contributed by atoms with Crippen molar-refractivity contribution in [2.45, 2.75) is 19.8 Å². The Kier molecular flexibility index (Phi) is 8.53. The van der Waals surface area contributed by atoms with E-state index in [2.05, 4.69) is 22.5 Å². The summed E-state index contributed by atoms with van der Waals surface area (Å²) < 4.78 is 5.62. The van der Waals surface area contributed by atoms with E-state index in [9.17, 15) is 9.59 Å². The molecule has 2 heterocycles. The van der Waals surface area contributed by atoms with Gasteiger partial charge >= 0.3 is 6.03 Å². The van der Waals surface area contributed by atoms with Crippen molar-refractivity contribution in [1.82, 2.24) is 15.1 Å². The number of urea groups is 1. The van der Waals surface area contributed by atoms with Crippen LogP contribution in [0.15, 0.2) is 41.8 Å². The molecule has 0 spiro atoms. The van der Waals surface area contributed by atoms with E-state index in [1.54, 1.807) is 0 Å². The van der Waals surface area contributed by atoms with E-state index in [1.165, 1.54) is 11.3 Å². The number of nitrogens with one attached hydrogen (secondary N) is 2. The quantitative estimate of drug-likeness (QED) is 0.597. The third-order valence-corrected chi connectivity index (χ3v) is 5.84. The molecule has 1 saturated heterocycles. The lowest BCUT2D eigenvalue weighted by Crippen LogP contribution is -2.50. The first-order valence-electron chi connectivity index (χ1n) is 10.5. The van der Waals surface area contributed by atoms with Gasteiger partial charge in [0.05, 0.1) is 11.5 Å². The number of rotatable bonds is 9. The van der Waals surface area contributed by atoms with Crippen molar-refractivity contribution in [3.05, 3.63) is 46.7 Å². The zero-order valence-corrected chi connectivity index (χ0v) is 18.2. The Bertz CT molecular complexity index is 787. The fourth-order valence-electron chi connectivity index (χ4n) is 3.20. The van der Waals surface area contributed by atoms with Crippen LogP contribution in [0.4, 0.5) is 10.5 Å². The first-order chi connectivity index (χ1) is 14.7. The molecule has 0 bridgehead atoms. The van der Waals surface area contributed by atoms with Gasteiger partial charge in [0, 0.05) is 45.0 Å². The molecule has 0 saturated carbocycles. The van der Waals surface area contributed by atoms with E-state index < -0.39 is 0 Å². The highest BCUT2D eigenvalue weighted by Gasteiger charge is 2.22. The van der Waals surface area contributed by atoms with Crippen LogP contribution in [-0.2, 0) is 0 Å². The Morgan fingerprint density at radius 1 is 1.10 bits per heavy atom. The molecule has 2 aromatic rings. The Balaban J connectivity index is 1.31. The van der Waals surface area contributed by atoms with E-state index in [-0.39, 0.29) is 11.9 Å². The zero-order valence-electron chi connectivity index (χ0n) is 17.4. The molecule has 1 aromatic heterocycles. The largest absolute Gasteiger partial charge is 0.494 e. The van der Waals surface area contributed by atoms with Gasteiger partial charge in [-0.15, -0.1) is 11.3 Å². The van der Waals surface area contributed by atoms with Crippen LogP contribution in [0, 0.1) is 0 Å². The third kappa shape index (κ3) is 6.74. The lowest BCUT2D eigenvalue weighted by molar-refractivity contribution is 0.0644. The minimum atomic E-state index is -0.221. The summed E-state index contributed by atoms with van der Waals surface area (Å²) in [5.74, 6) is 0.926. The van der Waals surface area contributed by atoms with Crippen molar-refractivity contribution in [3.63, 3.8) is 0 Å². The van der Waals surface area contributed by atoms with Crippen LogP contribution < -0.4 is 15.4 Å². The van der Waals surface area contributed by atoms with Gasteiger partial charge in [0.15, 0.2) is 0 Å². The zero-order chi connectivity index (χ0) is 21.2. The van der Waals surface area contributed by atoms with Crippen LogP contribution in [0.2, 0.25) is 0 Å². The Labute approximate surface area is 182 Å². The molecule has 162 valence electrons. The number of carbonyl (C=O) groups is 2. The Morgan fingerprint density at radius 2 is 1.87 bits per heavy atom. The van der Waals surface area contributed by atoms with Crippen LogP contribution in [0.1, 0.15) is 29.4 Å². The fraction of sp³-hybridized carbons (Fsp3) is 0.455. The van der Waals surface area contributed by atoms with Crippen molar-refractivity contribution in [2.75, 3.05) is 51.2 Å². The second kappa shape index (κ2) is 11.6. The summed E-state index contributed by atoms with van der Waals surface area (Å²) in [7, 11) is 0. The summed E-state index contributed by atoms with van der Waals surface area (Å²) in [6, 6.07) is 11.0. The first-order valence-corrected chi connectivity index (χ1v) is 11.4. The molecular formula is C22H30N4O3S. The number of ether oxygens (including phenoxy) is 1. The molecule has 1 fully saturated rings. The van der Waals surface area contributed by atoms with Crippen LogP contribution in [0.5, 0.6) is 5.75 Å². The highest BCUT2D eigenvalue weighted by molar-refractivity contribution is 7.12. The average Bonchev–Trinajstić information content (AvgIpc) is 3.30. The summed E-state index contributed by atoms with van der Waals surface area (Å²) in [5.41, 5.74) is 0.732. The molecule has 0 unspecified atom stereocenters. The number of amides is 3. The van der Waals surface area contributed by atoms with Crippen LogP contribution in [0.25, 0.3) is 0 Å². The van der Waals surface area contributed by atoms with Gasteiger partial charge in [0.2, 0.25) is 0 Å². The number of unbranched alkanes of at least 4 members (excludes halogenated alkanes) is 1. The van der Waals surface area contributed by atoms with Gasteiger partial charge in [-0.2, -0.15) is 0 Å². The van der Waals surface area contributed by atoms with Gasteiger partial charge in [0.25, 0.3) is 5.91 Å². The molecular weight excluding hydrogens is 400 g/mol. The molecule has 2 N–H and O–H groups in total. The molecule has 3 rings (SSSR count). The Morgan fingerprint density at radius 3 is 2.53 bits per heavy atom. The topological polar surface area (TPSA) is 73.9 Å². The van der Waals surface area contributed by atoms with Crippen LogP contribution in [0.3, 0.4) is 0 Å². The van der Waals surface area contributed by atoms with Gasteiger partial charge in [-0.05, 0) is 42.1 Å². The molecule has 0 radical (unpaired) electrons. The highest BCUT2D eigenvalue weighted by atomic mass is 32.1. The molecule has 0 aliphatic carbocycles. The third-order valence-electron chi connectivity index (χ3n) is 4.98. The van der Waals surface area contributed by atoms with Gasteiger partial charge in [-0.1, -0.05) is 19.4 Å². The molecule has 1 aromatic carbocycles. The number of nitrogens with zero attached hydrogens (tertiary/aromatic N) is 2. The summed E-state index contributed by atoms with van der Waals surface area (Å²) >= 11 is 1.48. The van der Waals surface area contributed by atoms with E-state index >= 15 is 0 Å². The summed E-state index contributed by atoms with van der Waals surface area (Å²) in [6.45, 7) is 7.23. The SMILES string of the molecule is CCCCOc1ccc(NC(=O)NCCN2CCN(C(=O)c3cccs3)CC2)cc1. The van der Waals surface area contributed by atoms with Crippen molar-refractivity contribution in [1.29, 1.82) is 0 Å². The second-order valence-electron chi connectivity index (χ2n) is 7.22. The number of anilines is 1. The summed E-state index contributed by atoms with van der Waals surface area (Å²) in [4.78, 5) is 29.4. The maximum Gasteiger partial charge on any atom is 0.319 e. The van der Waals surface area contributed by atoms with Gasteiger partial charge in [0.1, 0.15) is 5.75 Å². The minimum absolute atomic E-state index is 0.115. The molecule has 30 heavy (non-hydrogen) atoms. The van der Waals surface area contributed by atoms with Gasteiger partial charge < -0.3 is 20.3 Å². The van der Waals surface area contributed by atoms with E-state index in [1.807, 2.05) is 46.7 Å². The number of hydrogen-bond donors (Lipinski definition) is 2. The van der Waals surface area contributed by atoms with Gasteiger partial charge in [-0.25, -0.2) is 4.79 Å². The first kappa shape index (κ1) is 22.1. The maximum absolute atomic E-state index is 12.4. The standard InChI is InChI=1S/C22H30N4O3S/c1-2-3-16-29-19-8-6-18(7-9-19)24-22(28)23-10-11-25-12-14-26(15-13-25)21(27)20-5-4-17-30-20/h4-9,17H,2-3,10-16H2,1H3,(H2,23,24,28). The van der Waals surface area contributed by atoms with E-state index in [0.717, 1.165) is 61.9 Å². The van der Waals surface area contributed by atoms with Gasteiger partial charge in [-0.3, -0.25) is 9.69 Å². The van der Waals surface area contributed by atoms with Crippen LogP contribution in [-0.4, -0.2) is 67.6 Å². The normalized spacial score (nSPS) is 14.4. The molecule has 1 aliphatic rings. The number of hydrogen-bond acceptors (Lipinski definition) is 5.